The first-order valence-corrected chi connectivity index (χ1v) is 9.51. The van der Waals surface area contributed by atoms with Gasteiger partial charge in [0.05, 0.1) is 11.9 Å². The number of oxime groups is 1. The molecule has 0 amide bonds. The molecule has 0 aromatic heterocycles. The van der Waals surface area contributed by atoms with E-state index >= 15 is 0 Å². The molecule has 0 saturated heterocycles. The second-order valence-corrected chi connectivity index (χ2v) is 7.11. The maximum Gasteiger partial charge on any atom is 0.353 e. The number of nitrogens with zero attached hydrogens (tertiary/aromatic N) is 2. The average molecular weight is 378 g/mol. The van der Waals surface area contributed by atoms with Crippen molar-refractivity contribution in [2.75, 3.05) is 0 Å². The van der Waals surface area contributed by atoms with Crippen LogP contribution in [0.3, 0.4) is 0 Å². The number of aliphatic imine (C=N–C) groups is 1. The van der Waals surface area contributed by atoms with Crippen molar-refractivity contribution < 1.29 is 9.63 Å². The van der Waals surface area contributed by atoms with E-state index in [1.54, 1.807) is 6.21 Å². The molecule has 29 heavy (non-hydrogen) atoms. The quantitative estimate of drug-likeness (QED) is 0.612. The minimum Gasteiger partial charge on any atom is -0.317 e. The fraction of sp³-hybridized carbons (Fsp3) is 0.0800. The van der Waals surface area contributed by atoms with Crippen LogP contribution in [0.2, 0.25) is 0 Å². The summed E-state index contributed by atoms with van der Waals surface area (Å²) in [5, 5.41) is 3.91. The van der Waals surface area contributed by atoms with E-state index in [9.17, 15) is 4.79 Å². The highest BCUT2D eigenvalue weighted by Crippen LogP contribution is 2.52. The lowest BCUT2D eigenvalue weighted by Gasteiger charge is -2.25. The van der Waals surface area contributed by atoms with Crippen LogP contribution in [0, 0.1) is 5.41 Å². The van der Waals surface area contributed by atoms with Crippen LogP contribution in [0.4, 0.5) is 0 Å². The third kappa shape index (κ3) is 2.81. The van der Waals surface area contributed by atoms with Crippen LogP contribution in [0.1, 0.15) is 22.7 Å². The first kappa shape index (κ1) is 17.3. The van der Waals surface area contributed by atoms with Gasteiger partial charge < -0.3 is 4.84 Å². The van der Waals surface area contributed by atoms with E-state index in [4.69, 9.17) is 9.83 Å². The lowest BCUT2D eigenvalue weighted by molar-refractivity contribution is -0.147. The molecule has 4 nitrogen and oxygen atoms in total. The van der Waals surface area contributed by atoms with E-state index in [1.807, 2.05) is 97.1 Å². The first-order chi connectivity index (χ1) is 14.3. The van der Waals surface area contributed by atoms with Gasteiger partial charge in [0.25, 0.3) is 0 Å². The average Bonchev–Trinajstić information content (AvgIpc) is 3.32. The summed E-state index contributed by atoms with van der Waals surface area (Å²) in [6, 6.07) is 29.3. The van der Waals surface area contributed by atoms with Crippen molar-refractivity contribution in [1.29, 1.82) is 0 Å². The fourth-order valence-electron chi connectivity index (χ4n) is 3.99. The zero-order chi connectivity index (χ0) is 19.7. The Balaban J connectivity index is 1.77. The van der Waals surface area contributed by atoms with Crippen LogP contribution in [-0.4, -0.2) is 17.9 Å². The largest absolute Gasteiger partial charge is 0.353 e. The minimum atomic E-state index is -1.08. The zero-order valence-electron chi connectivity index (χ0n) is 15.6. The number of carbonyl (C=O) groups excluding carboxylic acids is 1. The zero-order valence-corrected chi connectivity index (χ0v) is 15.6. The van der Waals surface area contributed by atoms with Gasteiger partial charge in [-0.1, -0.05) is 96.2 Å². The number of hydrogen-bond acceptors (Lipinski definition) is 4. The topological polar surface area (TPSA) is 51.0 Å². The lowest BCUT2D eigenvalue weighted by Crippen LogP contribution is -2.35. The van der Waals surface area contributed by atoms with Crippen molar-refractivity contribution >= 4 is 24.0 Å². The molecular formula is C25H18N2O2. The molecule has 0 N–H and O–H groups in total. The van der Waals surface area contributed by atoms with Crippen LogP contribution in [0.5, 0.6) is 0 Å². The van der Waals surface area contributed by atoms with Crippen LogP contribution in [0.25, 0.3) is 6.08 Å². The summed E-state index contributed by atoms with van der Waals surface area (Å²) in [4.78, 5) is 23.3. The molecule has 0 saturated carbocycles. The third-order valence-corrected chi connectivity index (χ3v) is 5.39. The molecule has 0 radical (unpaired) electrons. The Hall–Kier alpha value is -3.79. The van der Waals surface area contributed by atoms with Crippen molar-refractivity contribution in [3.63, 3.8) is 0 Å². The summed E-state index contributed by atoms with van der Waals surface area (Å²) < 4.78 is 0. The van der Waals surface area contributed by atoms with E-state index in [0.29, 0.717) is 0 Å². The van der Waals surface area contributed by atoms with Gasteiger partial charge in [-0.05, 0) is 17.2 Å². The highest BCUT2D eigenvalue weighted by atomic mass is 16.7. The van der Waals surface area contributed by atoms with Gasteiger partial charge in [-0.2, -0.15) is 0 Å². The fourth-order valence-corrected chi connectivity index (χ4v) is 3.99. The molecule has 4 heteroatoms. The molecule has 0 fully saturated rings. The molecule has 3 aromatic carbocycles. The third-order valence-electron chi connectivity index (χ3n) is 5.39. The molecule has 2 heterocycles. The maximum absolute atomic E-state index is 13.1. The van der Waals surface area contributed by atoms with Crippen molar-refractivity contribution in [2.24, 2.45) is 15.6 Å². The number of rotatable bonds is 3. The van der Waals surface area contributed by atoms with E-state index in [2.05, 4.69) is 5.16 Å². The first-order valence-electron chi connectivity index (χ1n) is 9.51. The Morgan fingerprint density at radius 1 is 0.828 bits per heavy atom. The molecule has 0 unspecified atom stereocenters. The second-order valence-electron chi connectivity index (χ2n) is 7.11. The Morgan fingerprint density at radius 3 is 2.07 bits per heavy atom. The molecule has 3 aromatic rings. The van der Waals surface area contributed by atoms with Crippen LogP contribution >= 0.6 is 0 Å². The molecular weight excluding hydrogens is 360 g/mol. The Bertz CT molecular complexity index is 1140. The van der Waals surface area contributed by atoms with Gasteiger partial charge in [0, 0.05) is 11.1 Å². The van der Waals surface area contributed by atoms with Gasteiger partial charge in [-0.25, -0.2) is 4.79 Å². The molecule has 5 rings (SSSR count). The smallest absolute Gasteiger partial charge is 0.317 e. The summed E-state index contributed by atoms with van der Waals surface area (Å²) in [6.07, 6.45) is 3.63. The lowest BCUT2D eigenvalue weighted by atomic mass is 9.72. The Labute approximate surface area is 168 Å². The second kappa shape index (κ2) is 6.99. The Morgan fingerprint density at radius 2 is 1.45 bits per heavy atom. The van der Waals surface area contributed by atoms with Crippen molar-refractivity contribution in [3.05, 3.63) is 113 Å². The molecule has 2 aliphatic rings. The number of carbonyl (C=O) groups is 1. The summed E-state index contributed by atoms with van der Waals surface area (Å²) in [5.74, 6) is -0.400. The van der Waals surface area contributed by atoms with Crippen molar-refractivity contribution in [2.45, 2.75) is 6.04 Å². The van der Waals surface area contributed by atoms with E-state index < -0.39 is 17.4 Å². The summed E-state index contributed by atoms with van der Waals surface area (Å²) in [7, 11) is 0. The molecule has 0 aliphatic carbocycles. The van der Waals surface area contributed by atoms with E-state index in [-0.39, 0.29) is 0 Å². The van der Waals surface area contributed by atoms with Crippen molar-refractivity contribution in [3.8, 4) is 0 Å². The molecule has 2 atom stereocenters. The molecule has 1 spiro atoms. The SMILES string of the molecule is O=C1ON=C[C@]12/C(=C/c1ccccc1)C(c1ccccc1)=N[C@@H]2c1ccccc1. The predicted octanol–water partition coefficient (Wildman–Crippen LogP) is 4.84. The van der Waals surface area contributed by atoms with Gasteiger partial charge >= 0.3 is 5.97 Å². The standard InChI is InChI=1S/C25H18N2O2/c28-24-25(17-26-29-24)21(16-18-10-4-1-5-11-18)22(19-12-6-2-7-13-19)27-23(25)20-14-8-3-9-15-20/h1-17,23H/b21-16+/t23-,25-/m1/s1. The summed E-state index contributed by atoms with van der Waals surface area (Å²) >= 11 is 0. The van der Waals surface area contributed by atoms with Gasteiger partial charge in [0.1, 0.15) is 6.04 Å². The Kier molecular flexibility index (Phi) is 4.17. The van der Waals surface area contributed by atoms with Gasteiger partial charge in [-0.3, -0.25) is 4.99 Å². The maximum atomic E-state index is 13.1. The van der Waals surface area contributed by atoms with Gasteiger partial charge in [0.2, 0.25) is 0 Å². The highest BCUT2D eigenvalue weighted by molar-refractivity contribution is 6.25. The summed E-state index contributed by atoms with van der Waals surface area (Å²) in [5.41, 5.74) is 3.40. The van der Waals surface area contributed by atoms with Crippen LogP contribution in [-0.2, 0) is 9.63 Å². The monoisotopic (exact) mass is 378 g/mol. The molecule has 2 aliphatic heterocycles. The van der Waals surface area contributed by atoms with Crippen molar-refractivity contribution in [1.82, 2.24) is 0 Å². The highest BCUT2D eigenvalue weighted by Gasteiger charge is 2.58. The van der Waals surface area contributed by atoms with E-state index in [1.165, 1.54) is 0 Å². The van der Waals surface area contributed by atoms with Crippen LogP contribution < -0.4 is 0 Å². The normalized spacial score (nSPS) is 24.1. The van der Waals surface area contributed by atoms with Crippen LogP contribution in [0.15, 0.2) is 107 Å². The predicted molar refractivity (Wildman–Crippen MR) is 114 cm³/mol. The van der Waals surface area contributed by atoms with Gasteiger partial charge in [0.15, 0.2) is 5.41 Å². The number of hydrogen-bond donors (Lipinski definition) is 0. The molecule has 0 bridgehead atoms. The van der Waals surface area contributed by atoms with Gasteiger partial charge in [-0.15, -0.1) is 0 Å². The minimum absolute atomic E-state index is 0.400. The summed E-state index contributed by atoms with van der Waals surface area (Å²) in [6.45, 7) is 0. The number of benzene rings is 3. The van der Waals surface area contributed by atoms with E-state index in [0.717, 1.165) is 28.0 Å². The molecule has 140 valence electrons.